The fourth-order valence-electron chi connectivity index (χ4n) is 3.94. The molecule has 0 fully saturated rings. The second-order valence-corrected chi connectivity index (χ2v) is 8.11. The van der Waals surface area contributed by atoms with Crippen molar-refractivity contribution in [2.45, 2.75) is 39.1 Å². The molecule has 0 aliphatic heterocycles. The van der Waals surface area contributed by atoms with E-state index in [0.717, 1.165) is 22.3 Å². The zero-order chi connectivity index (χ0) is 25.1. The SMILES string of the molecule is Cc1c(-c2ccccc2)cccc1-c1nc2cc(CNC(C(=O)O)C(C)O)c(OC(F)F)cc2o1. The van der Waals surface area contributed by atoms with Crippen molar-refractivity contribution in [2.75, 3.05) is 0 Å². The minimum atomic E-state index is -3.09. The van der Waals surface area contributed by atoms with Gasteiger partial charge in [-0.05, 0) is 42.7 Å². The lowest BCUT2D eigenvalue weighted by Crippen LogP contribution is -2.44. The largest absolute Gasteiger partial charge is 0.480 e. The Morgan fingerprint density at radius 3 is 2.49 bits per heavy atom. The number of nitrogens with one attached hydrogen (secondary N) is 1. The number of oxazole rings is 1. The third kappa shape index (κ3) is 5.31. The molecule has 1 aromatic heterocycles. The summed E-state index contributed by atoms with van der Waals surface area (Å²) in [6.45, 7) is 0.0340. The van der Waals surface area contributed by atoms with Crippen molar-refractivity contribution in [2.24, 2.45) is 0 Å². The number of nitrogens with zero attached hydrogens (tertiary/aromatic N) is 1. The normalized spacial score (nSPS) is 13.2. The molecule has 9 heteroatoms. The predicted octanol–water partition coefficient (Wildman–Crippen LogP) is 5.00. The molecule has 35 heavy (non-hydrogen) atoms. The number of benzene rings is 3. The average molecular weight is 482 g/mol. The number of carboxylic acids is 1. The molecule has 182 valence electrons. The van der Waals surface area contributed by atoms with Crippen molar-refractivity contribution >= 4 is 17.1 Å². The second kappa shape index (κ2) is 10.2. The minimum Gasteiger partial charge on any atom is -0.480 e. The minimum absolute atomic E-state index is 0.148. The maximum absolute atomic E-state index is 13.1. The highest BCUT2D eigenvalue weighted by atomic mass is 19.3. The highest BCUT2D eigenvalue weighted by molar-refractivity contribution is 5.82. The predicted molar refractivity (Wildman–Crippen MR) is 126 cm³/mol. The Bertz CT molecular complexity index is 1340. The molecule has 0 spiro atoms. The first kappa shape index (κ1) is 24.3. The van der Waals surface area contributed by atoms with Gasteiger partial charge in [-0.25, -0.2) is 4.98 Å². The monoisotopic (exact) mass is 482 g/mol. The van der Waals surface area contributed by atoms with Gasteiger partial charge in [0.15, 0.2) is 5.58 Å². The number of hydrogen-bond donors (Lipinski definition) is 3. The molecule has 4 aromatic rings. The lowest BCUT2D eigenvalue weighted by atomic mass is 9.96. The fraction of sp³-hybridized carbons (Fsp3) is 0.231. The molecule has 0 aliphatic rings. The third-order valence-corrected chi connectivity index (χ3v) is 5.70. The fourth-order valence-corrected chi connectivity index (χ4v) is 3.94. The third-order valence-electron chi connectivity index (χ3n) is 5.70. The van der Waals surface area contributed by atoms with Gasteiger partial charge in [0.05, 0.1) is 6.10 Å². The van der Waals surface area contributed by atoms with E-state index in [0.29, 0.717) is 11.4 Å². The van der Waals surface area contributed by atoms with Crippen LogP contribution in [0.5, 0.6) is 5.75 Å². The van der Waals surface area contributed by atoms with Crippen LogP contribution in [0.3, 0.4) is 0 Å². The van der Waals surface area contributed by atoms with Crippen LogP contribution in [0.1, 0.15) is 18.1 Å². The number of rotatable bonds is 9. The first-order valence-corrected chi connectivity index (χ1v) is 10.9. The number of carboxylic acid groups (broad SMARTS) is 1. The number of fused-ring (bicyclic) bond motifs is 1. The van der Waals surface area contributed by atoms with Crippen LogP contribution < -0.4 is 10.1 Å². The number of alkyl halides is 2. The quantitative estimate of drug-likeness (QED) is 0.309. The van der Waals surface area contributed by atoms with Gasteiger partial charge >= 0.3 is 12.6 Å². The Morgan fingerprint density at radius 2 is 1.83 bits per heavy atom. The number of aliphatic hydroxyl groups excluding tert-OH is 1. The lowest BCUT2D eigenvalue weighted by molar-refractivity contribution is -0.142. The van der Waals surface area contributed by atoms with E-state index in [1.807, 2.05) is 55.5 Å². The molecule has 2 atom stereocenters. The summed E-state index contributed by atoms with van der Waals surface area (Å²) in [5.41, 5.74) is 4.63. The van der Waals surface area contributed by atoms with Crippen molar-refractivity contribution < 1.29 is 32.9 Å². The van der Waals surface area contributed by atoms with Crippen molar-refractivity contribution in [3.05, 3.63) is 71.8 Å². The van der Waals surface area contributed by atoms with E-state index in [4.69, 9.17) is 4.42 Å². The van der Waals surface area contributed by atoms with Gasteiger partial charge in [-0.15, -0.1) is 0 Å². The molecule has 0 radical (unpaired) electrons. The molecule has 3 N–H and O–H groups in total. The Morgan fingerprint density at radius 1 is 1.11 bits per heavy atom. The first-order valence-electron chi connectivity index (χ1n) is 10.9. The topological polar surface area (TPSA) is 105 Å². The van der Waals surface area contributed by atoms with Gasteiger partial charge in [-0.1, -0.05) is 42.5 Å². The smallest absolute Gasteiger partial charge is 0.387 e. The number of halogens is 2. The van der Waals surface area contributed by atoms with Gasteiger partial charge in [0.2, 0.25) is 5.89 Å². The zero-order valence-electron chi connectivity index (χ0n) is 19.0. The summed E-state index contributed by atoms with van der Waals surface area (Å²) >= 11 is 0. The molecule has 0 aliphatic carbocycles. The van der Waals surface area contributed by atoms with E-state index in [1.165, 1.54) is 19.1 Å². The summed E-state index contributed by atoms with van der Waals surface area (Å²) in [6.07, 6.45) is -1.20. The summed E-state index contributed by atoms with van der Waals surface area (Å²) in [4.78, 5) is 15.9. The van der Waals surface area contributed by atoms with Gasteiger partial charge in [-0.2, -0.15) is 8.78 Å². The number of aliphatic hydroxyl groups is 1. The molecular weight excluding hydrogens is 458 g/mol. The van der Waals surface area contributed by atoms with Crippen molar-refractivity contribution in [1.82, 2.24) is 10.3 Å². The zero-order valence-corrected chi connectivity index (χ0v) is 19.0. The number of carbonyl (C=O) groups is 1. The van der Waals surface area contributed by atoms with Crippen LogP contribution in [-0.4, -0.2) is 39.9 Å². The van der Waals surface area contributed by atoms with E-state index in [-0.39, 0.29) is 23.4 Å². The molecule has 0 bridgehead atoms. The van der Waals surface area contributed by atoms with Crippen LogP contribution >= 0.6 is 0 Å². The van der Waals surface area contributed by atoms with Crippen LogP contribution in [0, 0.1) is 6.92 Å². The summed E-state index contributed by atoms with van der Waals surface area (Å²) in [5, 5.41) is 21.6. The summed E-state index contributed by atoms with van der Waals surface area (Å²) in [6, 6.07) is 17.1. The second-order valence-electron chi connectivity index (χ2n) is 8.11. The van der Waals surface area contributed by atoms with Gasteiger partial charge in [0.1, 0.15) is 17.3 Å². The van der Waals surface area contributed by atoms with Gasteiger partial charge in [0.25, 0.3) is 0 Å². The lowest BCUT2D eigenvalue weighted by Gasteiger charge is -2.18. The van der Waals surface area contributed by atoms with Crippen molar-refractivity contribution in [1.29, 1.82) is 0 Å². The molecule has 7 nitrogen and oxygen atoms in total. The van der Waals surface area contributed by atoms with Crippen LogP contribution in [-0.2, 0) is 11.3 Å². The van der Waals surface area contributed by atoms with E-state index in [9.17, 15) is 23.8 Å². The highest BCUT2D eigenvalue weighted by Crippen LogP contribution is 2.35. The van der Waals surface area contributed by atoms with Crippen molar-refractivity contribution in [3.8, 4) is 28.3 Å². The van der Waals surface area contributed by atoms with Crippen LogP contribution in [0.2, 0.25) is 0 Å². The van der Waals surface area contributed by atoms with E-state index in [1.54, 1.807) is 0 Å². The van der Waals surface area contributed by atoms with Gasteiger partial charge in [0, 0.05) is 23.7 Å². The standard InChI is InChI=1S/C26H24F2N2O5/c1-14-18(16-7-4-3-5-8-16)9-6-10-19(14)24-30-20-11-17(13-29-23(15(2)31)25(32)33)21(35-26(27)28)12-22(20)34-24/h3-12,15,23,26,29,31H,13H2,1-2H3,(H,32,33). The van der Waals surface area contributed by atoms with Crippen LogP contribution in [0.25, 0.3) is 33.7 Å². The molecule has 0 amide bonds. The van der Waals surface area contributed by atoms with Gasteiger partial charge in [-0.3, -0.25) is 10.1 Å². The number of aromatic nitrogens is 1. The summed E-state index contributed by atoms with van der Waals surface area (Å²) < 4.78 is 36.7. The molecule has 1 heterocycles. The Hall–Kier alpha value is -3.82. The summed E-state index contributed by atoms with van der Waals surface area (Å²) in [7, 11) is 0. The maximum Gasteiger partial charge on any atom is 0.387 e. The van der Waals surface area contributed by atoms with Crippen molar-refractivity contribution in [3.63, 3.8) is 0 Å². The first-order chi connectivity index (χ1) is 16.7. The molecule has 0 saturated heterocycles. The van der Waals surface area contributed by atoms with E-state index in [2.05, 4.69) is 15.0 Å². The van der Waals surface area contributed by atoms with Gasteiger partial charge < -0.3 is 19.4 Å². The number of aliphatic carboxylic acids is 1. The molecule has 3 aromatic carbocycles. The number of hydrogen-bond acceptors (Lipinski definition) is 6. The summed E-state index contributed by atoms with van der Waals surface area (Å²) in [5.74, 6) is -1.13. The Balaban J connectivity index is 1.73. The van der Waals surface area contributed by atoms with E-state index >= 15 is 0 Å². The van der Waals surface area contributed by atoms with Crippen LogP contribution in [0.4, 0.5) is 8.78 Å². The van der Waals surface area contributed by atoms with Crippen LogP contribution in [0.15, 0.2) is 65.1 Å². The number of ether oxygens (including phenoxy) is 1. The highest BCUT2D eigenvalue weighted by Gasteiger charge is 2.24. The van der Waals surface area contributed by atoms with E-state index < -0.39 is 24.7 Å². The maximum atomic E-state index is 13.1. The average Bonchev–Trinajstić information content (AvgIpc) is 3.21. The molecule has 4 rings (SSSR count). The molecular formula is C26H24F2N2O5. The molecule has 0 saturated carbocycles. The Kier molecular flexibility index (Phi) is 7.09. The molecule has 2 unspecified atom stereocenters. The Labute approximate surface area is 200 Å².